The Morgan fingerprint density at radius 2 is 2.07 bits per heavy atom. The lowest BCUT2D eigenvalue weighted by atomic mass is 10.1. The number of carbonyl (C=O) groups is 1. The number of nitrogens with zero attached hydrogens (tertiary/aromatic N) is 4. The summed E-state index contributed by atoms with van der Waals surface area (Å²) >= 11 is 5.33. The van der Waals surface area contributed by atoms with E-state index in [-0.39, 0.29) is 11.9 Å². The number of fused-ring (bicyclic) bond motifs is 1. The number of anilines is 1. The topological polar surface area (TPSA) is 48.9 Å². The van der Waals surface area contributed by atoms with E-state index in [4.69, 9.17) is 17.0 Å². The number of likely N-dealkylation sites (N-methyl/N-ethyl adjacent to an activating group) is 1. The van der Waals surface area contributed by atoms with E-state index in [2.05, 4.69) is 4.98 Å². The van der Waals surface area contributed by atoms with E-state index in [9.17, 15) is 4.79 Å². The fraction of sp³-hybridized carbons (Fsp3) is 0.286. The van der Waals surface area contributed by atoms with Gasteiger partial charge in [0.2, 0.25) is 5.88 Å². The second kappa shape index (κ2) is 8.39. The number of ether oxygens (including phenoxy) is 1. The molecule has 2 aromatic rings. The predicted molar refractivity (Wildman–Crippen MR) is 114 cm³/mol. The van der Waals surface area contributed by atoms with E-state index in [0.29, 0.717) is 23.9 Å². The van der Waals surface area contributed by atoms with Crippen LogP contribution in [-0.2, 0) is 4.79 Å². The third-order valence-electron chi connectivity index (χ3n) is 4.92. The maximum Gasteiger partial charge on any atom is 0.275 e. The van der Waals surface area contributed by atoms with Gasteiger partial charge in [-0.25, -0.2) is 0 Å². The van der Waals surface area contributed by atoms with Crippen molar-refractivity contribution in [1.82, 2.24) is 14.8 Å². The lowest BCUT2D eigenvalue weighted by Gasteiger charge is -2.32. The van der Waals surface area contributed by atoms with Crippen molar-refractivity contribution in [3.8, 4) is 5.75 Å². The van der Waals surface area contributed by atoms with Gasteiger partial charge in [-0.15, -0.1) is 0 Å². The standard InChI is InChI=1S/C21H24N4O2S/c1-5-23(3)20(26)19(21-24(4)17-10-6-7-11-18(17)27-21)25(14-28)15(2)16-9-8-12-22-13-16/h6-15H,5H2,1-4H3/b21-19-. The largest absolute Gasteiger partial charge is 0.436 e. The molecule has 2 heterocycles. The summed E-state index contributed by atoms with van der Waals surface area (Å²) in [6.07, 6.45) is 3.50. The van der Waals surface area contributed by atoms with Crippen molar-refractivity contribution in [2.24, 2.45) is 0 Å². The summed E-state index contributed by atoms with van der Waals surface area (Å²) < 4.78 is 6.10. The fourth-order valence-corrected chi connectivity index (χ4v) is 3.36. The summed E-state index contributed by atoms with van der Waals surface area (Å²) in [4.78, 5) is 22.8. The lowest BCUT2D eigenvalue weighted by Crippen LogP contribution is -2.40. The molecule has 0 fully saturated rings. The van der Waals surface area contributed by atoms with Crippen LogP contribution in [0, 0.1) is 0 Å². The zero-order chi connectivity index (χ0) is 20.3. The van der Waals surface area contributed by atoms with Crippen LogP contribution in [0.2, 0.25) is 0 Å². The third kappa shape index (κ3) is 3.57. The van der Waals surface area contributed by atoms with Gasteiger partial charge < -0.3 is 19.4 Å². The second-order valence-corrected chi connectivity index (χ2v) is 6.79. The van der Waals surface area contributed by atoms with E-state index in [1.807, 2.05) is 62.2 Å². The summed E-state index contributed by atoms with van der Waals surface area (Å²) in [5.74, 6) is 1.01. The molecule has 0 saturated heterocycles. The number of aromatic nitrogens is 1. The first-order chi connectivity index (χ1) is 13.5. The van der Waals surface area contributed by atoms with Crippen LogP contribution < -0.4 is 9.64 Å². The molecule has 0 saturated carbocycles. The fourth-order valence-electron chi connectivity index (χ4n) is 3.07. The highest BCUT2D eigenvalue weighted by atomic mass is 32.1. The van der Waals surface area contributed by atoms with Gasteiger partial charge in [-0.05, 0) is 37.6 Å². The number of carbonyl (C=O) groups excluding carboxylic acids is 1. The Morgan fingerprint density at radius 3 is 2.68 bits per heavy atom. The molecule has 1 aromatic heterocycles. The normalized spacial score (nSPS) is 15.4. The van der Waals surface area contributed by atoms with Crippen molar-refractivity contribution >= 4 is 29.3 Å². The molecule has 1 aromatic carbocycles. The van der Waals surface area contributed by atoms with Gasteiger partial charge in [0.25, 0.3) is 5.91 Å². The van der Waals surface area contributed by atoms with Crippen molar-refractivity contribution in [2.75, 3.05) is 25.5 Å². The molecule has 1 amide bonds. The summed E-state index contributed by atoms with van der Waals surface area (Å²) in [7, 11) is 3.65. The van der Waals surface area contributed by atoms with Gasteiger partial charge in [0.15, 0.2) is 11.4 Å². The zero-order valence-corrected chi connectivity index (χ0v) is 17.3. The molecular weight excluding hydrogens is 372 g/mol. The van der Waals surface area contributed by atoms with Crippen LogP contribution in [0.1, 0.15) is 25.5 Å². The minimum atomic E-state index is -0.191. The molecule has 7 heteroatoms. The Morgan fingerprint density at radius 1 is 1.32 bits per heavy atom. The minimum Gasteiger partial charge on any atom is -0.436 e. The molecular formula is C21H24N4O2S. The van der Waals surface area contributed by atoms with Gasteiger partial charge in [0.1, 0.15) is 0 Å². The molecule has 1 aliphatic rings. The highest BCUT2D eigenvalue weighted by molar-refractivity contribution is 7.78. The number of thiocarbonyl (C=S) groups is 1. The highest BCUT2D eigenvalue weighted by Gasteiger charge is 2.35. The van der Waals surface area contributed by atoms with Crippen molar-refractivity contribution in [3.05, 3.63) is 65.9 Å². The molecule has 1 atom stereocenters. The van der Waals surface area contributed by atoms with E-state index in [1.165, 1.54) is 5.49 Å². The van der Waals surface area contributed by atoms with Gasteiger partial charge >= 0.3 is 0 Å². The Hall–Kier alpha value is -2.93. The number of rotatable bonds is 6. The molecule has 6 nitrogen and oxygen atoms in total. The molecule has 0 radical (unpaired) electrons. The highest BCUT2D eigenvalue weighted by Crippen LogP contribution is 2.40. The Balaban J connectivity index is 2.12. The van der Waals surface area contributed by atoms with Crippen LogP contribution in [0.3, 0.4) is 0 Å². The Labute approximate surface area is 171 Å². The van der Waals surface area contributed by atoms with Crippen LogP contribution in [-0.4, -0.2) is 46.8 Å². The zero-order valence-electron chi connectivity index (χ0n) is 16.5. The van der Waals surface area contributed by atoms with Crippen LogP contribution in [0.4, 0.5) is 5.69 Å². The van der Waals surface area contributed by atoms with Crippen LogP contribution in [0.5, 0.6) is 5.75 Å². The first kappa shape index (κ1) is 19.8. The lowest BCUT2D eigenvalue weighted by molar-refractivity contribution is -0.127. The first-order valence-electron chi connectivity index (χ1n) is 9.13. The number of hydrogen-bond donors (Lipinski definition) is 0. The van der Waals surface area contributed by atoms with E-state index in [0.717, 1.165) is 11.3 Å². The Bertz CT molecular complexity index is 900. The number of para-hydroxylation sites is 2. The van der Waals surface area contributed by atoms with Gasteiger partial charge in [0, 0.05) is 33.0 Å². The van der Waals surface area contributed by atoms with Crippen molar-refractivity contribution in [1.29, 1.82) is 0 Å². The van der Waals surface area contributed by atoms with Crippen molar-refractivity contribution < 1.29 is 9.53 Å². The summed E-state index contributed by atoms with van der Waals surface area (Å²) in [5, 5.41) is 0. The number of pyridine rings is 1. The maximum absolute atomic E-state index is 13.3. The van der Waals surface area contributed by atoms with Gasteiger partial charge in [-0.2, -0.15) is 0 Å². The average molecular weight is 397 g/mol. The number of hydrogen-bond acceptors (Lipinski definition) is 5. The quantitative estimate of drug-likeness (QED) is 0.550. The molecule has 3 rings (SSSR count). The van der Waals surface area contributed by atoms with Crippen molar-refractivity contribution in [3.63, 3.8) is 0 Å². The van der Waals surface area contributed by atoms with Gasteiger partial charge in [-0.1, -0.05) is 30.4 Å². The third-order valence-corrected chi connectivity index (χ3v) is 5.15. The van der Waals surface area contributed by atoms with Crippen LogP contribution in [0.25, 0.3) is 0 Å². The molecule has 0 aliphatic carbocycles. The predicted octanol–water partition coefficient (Wildman–Crippen LogP) is 3.58. The average Bonchev–Trinajstić information content (AvgIpc) is 3.07. The monoisotopic (exact) mass is 396 g/mol. The molecule has 0 spiro atoms. The molecule has 0 N–H and O–H groups in total. The first-order valence-corrected chi connectivity index (χ1v) is 9.60. The van der Waals surface area contributed by atoms with E-state index < -0.39 is 0 Å². The van der Waals surface area contributed by atoms with Gasteiger partial charge in [0.05, 0.1) is 17.2 Å². The molecule has 146 valence electrons. The molecule has 28 heavy (non-hydrogen) atoms. The van der Waals surface area contributed by atoms with Crippen LogP contribution in [0.15, 0.2) is 60.4 Å². The molecule has 1 aliphatic heterocycles. The Kier molecular flexibility index (Phi) is 5.94. The second-order valence-electron chi connectivity index (χ2n) is 6.58. The van der Waals surface area contributed by atoms with Gasteiger partial charge in [-0.3, -0.25) is 9.78 Å². The number of benzene rings is 1. The minimum absolute atomic E-state index is 0.158. The molecule has 0 bridgehead atoms. The summed E-state index contributed by atoms with van der Waals surface area (Å²) in [6, 6.07) is 11.3. The summed E-state index contributed by atoms with van der Waals surface area (Å²) in [6.45, 7) is 4.49. The maximum atomic E-state index is 13.3. The van der Waals surface area contributed by atoms with Crippen LogP contribution >= 0.6 is 12.2 Å². The molecule has 1 unspecified atom stereocenters. The van der Waals surface area contributed by atoms with E-state index >= 15 is 0 Å². The number of amides is 1. The van der Waals surface area contributed by atoms with Crippen molar-refractivity contribution in [2.45, 2.75) is 19.9 Å². The SMILES string of the molecule is CCN(C)C(=O)/C(=C1/Oc2ccccc2N1C)N(C=S)C(C)c1cccnc1. The smallest absolute Gasteiger partial charge is 0.275 e. The van der Waals surface area contributed by atoms with E-state index in [1.54, 1.807) is 29.2 Å². The summed E-state index contributed by atoms with van der Waals surface area (Å²) in [5.41, 5.74) is 3.75.